The van der Waals surface area contributed by atoms with E-state index in [9.17, 15) is 0 Å². The SMILES string of the molecule is Cc1ccc(CC(NN)C2CCOC2)c(Cl)c1. The van der Waals surface area contributed by atoms with Gasteiger partial charge >= 0.3 is 0 Å². The Morgan fingerprint density at radius 2 is 2.41 bits per heavy atom. The molecule has 2 atom stereocenters. The molecule has 0 radical (unpaired) electrons. The average molecular weight is 255 g/mol. The van der Waals surface area contributed by atoms with Crippen LogP contribution in [0.2, 0.25) is 5.02 Å². The first-order chi connectivity index (χ1) is 8.20. The van der Waals surface area contributed by atoms with Crippen molar-refractivity contribution in [3.8, 4) is 0 Å². The number of hydrogen-bond donors (Lipinski definition) is 2. The molecule has 3 N–H and O–H groups in total. The van der Waals surface area contributed by atoms with Crippen LogP contribution in [0.1, 0.15) is 17.5 Å². The Balaban J connectivity index is 2.06. The Kier molecular flexibility index (Phi) is 4.40. The van der Waals surface area contributed by atoms with Crippen molar-refractivity contribution in [2.75, 3.05) is 13.2 Å². The van der Waals surface area contributed by atoms with Crippen LogP contribution < -0.4 is 11.3 Å². The molecule has 1 fully saturated rings. The van der Waals surface area contributed by atoms with Gasteiger partial charge < -0.3 is 4.74 Å². The van der Waals surface area contributed by atoms with Crippen molar-refractivity contribution in [1.82, 2.24) is 5.43 Å². The molecule has 2 unspecified atom stereocenters. The van der Waals surface area contributed by atoms with E-state index in [1.165, 1.54) is 5.56 Å². The molecule has 0 bridgehead atoms. The van der Waals surface area contributed by atoms with Gasteiger partial charge in [-0.05, 0) is 37.0 Å². The van der Waals surface area contributed by atoms with Crippen LogP contribution >= 0.6 is 11.6 Å². The number of nitrogens with one attached hydrogen (secondary N) is 1. The van der Waals surface area contributed by atoms with Crippen molar-refractivity contribution in [1.29, 1.82) is 0 Å². The molecule has 0 aromatic heterocycles. The lowest BCUT2D eigenvalue weighted by Crippen LogP contribution is -2.42. The zero-order chi connectivity index (χ0) is 12.3. The van der Waals surface area contributed by atoms with Crippen molar-refractivity contribution in [2.24, 2.45) is 11.8 Å². The maximum Gasteiger partial charge on any atom is 0.0510 e. The molecule has 94 valence electrons. The minimum atomic E-state index is 0.234. The summed E-state index contributed by atoms with van der Waals surface area (Å²) in [6.45, 7) is 3.67. The monoisotopic (exact) mass is 254 g/mol. The zero-order valence-corrected chi connectivity index (χ0v) is 10.8. The van der Waals surface area contributed by atoms with E-state index in [2.05, 4.69) is 17.6 Å². The normalized spacial score (nSPS) is 21.7. The van der Waals surface area contributed by atoms with Crippen LogP contribution in [0.3, 0.4) is 0 Å². The topological polar surface area (TPSA) is 47.3 Å². The fourth-order valence-corrected chi connectivity index (χ4v) is 2.60. The van der Waals surface area contributed by atoms with Gasteiger partial charge in [0.1, 0.15) is 0 Å². The standard InChI is InChI=1S/C13H19ClN2O/c1-9-2-3-10(12(14)6-9)7-13(16-15)11-4-5-17-8-11/h2-3,6,11,13,16H,4-5,7-8,15H2,1H3. The zero-order valence-electron chi connectivity index (χ0n) is 10.1. The largest absolute Gasteiger partial charge is 0.381 e. The average Bonchev–Trinajstić information content (AvgIpc) is 2.81. The highest BCUT2D eigenvalue weighted by Gasteiger charge is 2.25. The highest BCUT2D eigenvalue weighted by atomic mass is 35.5. The predicted molar refractivity (Wildman–Crippen MR) is 69.9 cm³/mol. The fraction of sp³-hybridized carbons (Fsp3) is 0.538. The molecule has 4 heteroatoms. The molecule has 1 aromatic carbocycles. The van der Waals surface area contributed by atoms with Crippen LogP contribution in [0.4, 0.5) is 0 Å². The van der Waals surface area contributed by atoms with Crippen molar-refractivity contribution in [3.05, 3.63) is 34.3 Å². The summed E-state index contributed by atoms with van der Waals surface area (Å²) in [5.74, 6) is 6.12. The van der Waals surface area contributed by atoms with E-state index >= 15 is 0 Å². The molecule has 0 saturated carbocycles. The van der Waals surface area contributed by atoms with Gasteiger partial charge in [0, 0.05) is 23.6 Å². The van der Waals surface area contributed by atoms with E-state index in [1.54, 1.807) is 0 Å². The lowest BCUT2D eigenvalue weighted by molar-refractivity contribution is 0.176. The van der Waals surface area contributed by atoms with Gasteiger partial charge in [0.15, 0.2) is 0 Å². The smallest absolute Gasteiger partial charge is 0.0510 e. The quantitative estimate of drug-likeness (QED) is 0.639. The van der Waals surface area contributed by atoms with Crippen LogP contribution in [0, 0.1) is 12.8 Å². The number of nitrogens with two attached hydrogens (primary N) is 1. The van der Waals surface area contributed by atoms with Gasteiger partial charge in [0.2, 0.25) is 0 Å². The number of aryl methyl sites for hydroxylation is 1. The summed E-state index contributed by atoms with van der Waals surface area (Å²) in [6.07, 6.45) is 1.92. The molecule has 1 aliphatic rings. The number of hydrazine groups is 1. The predicted octanol–water partition coefficient (Wildman–Crippen LogP) is 2.06. The van der Waals surface area contributed by atoms with Gasteiger partial charge in [0.05, 0.1) is 6.61 Å². The van der Waals surface area contributed by atoms with Crippen molar-refractivity contribution in [3.63, 3.8) is 0 Å². The fourth-order valence-electron chi connectivity index (χ4n) is 2.29. The summed E-state index contributed by atoms with van der Waals surface area (Å²) in [6, 6.07) is 6.39. The number of benzene rings is 1. The molecule has 0 spiro atoms. The number of hydrogen-bond acceptors (Lipinski definition) is 3. The van der Waals surface area contributed by atoms with Crippen LogP contribution in [0.25, 0.3) is 0 Å². The summed E-state index contributed by atoms with van der Waals surface area (Å²) in [5, 5.41) is 0.823. The van der Waals surface area contributed by atoms with E-state index in [1.807, 2.05) is 13.0 Å². The summed E-state index contributed by atoms with van der Waals surface area (Å²) < 4.78 is 5.40. The Morgan fingerprint density at radius 3 is 3.00 bits per heavy atom. The third-order valence-electron chi connectivity index (χ3n) is 3.40. The van der Waals surface area contributed by atoms with Crippen molar-refractivity contribution in [2.45, 2.75) is 25.8 Å². The van der Waals surface area contributed by atoms with Gasteiger partial charge in [-0.1, -0.05) is 23.7 Å². The molecule has 1 saturated heterocycles. The highest BCUT2D eigenvalue weighted by molar-refractivity contribution is 6.31. The van der Waals surface area contributed by atoms with E-state index in [4.69, 9.17) is 22.2 Å². The van der Waals surface area contributed by atoms with E-state index < -0.39 is 0 Å². The first-order valence-corrected chi connectivity index (χ1v) is 6.37. The van der Waals surface area contributed by atoms with Crippen molar-refractivity contribution >= 4 is 11.6 Å². The van der Waals surface area contributed by atoms with Crippen molar-refractivity contribution < 1.29 is 4.74 Å². The third kappa shape index (κ3) is 3.19. The van der Waals surface area contributed by atoms with Gasteiger partial charge in [0.25, 0.3) is 0 Å². The first-order valence-electron chi connectivity index (χ1n) is 5.99. The molecule has 0 amide bonds. The molecule has 0 aliphatic carbocycles. The van der Waals surface area contributed by atoms with E-state index in [0.717, 1.165) is 36.6 Å². The second-order valence-corrected chi connectivity index (χ2v) is 5.10. The second-order valence-electron chi connectivity index (χ2n) is 4.70. The van der Waals surface area contributed by atoms with E-state index in [-0.39, 0.29) is 6.04 Å². The van der Waals surface area contributed by atoms with Gasteiger partial charge in [-0.2, -0.15) is 0 Å². The maximum atomic E-state index is 6.24. The van der Waals surface area contributed by atoms with E-state index in [0.29, 0.717) is 5.92 Å². The van der Waals surface area contributed by atoms with Gasteiger partial charge in [-0.3, -0.25) is 11.3 Å². The lowest BCUT2D eigenvalue weighted by Gasteiger charge is -2.22. The third-order valence-corrected chi connectivity index (χ3v) is 3.75. The van der Waals surface area contributed by atoms with Crippen LogP contribution in [-0.4, -0.2) is 19.3 Å². The molecular formula is C13H19ClN2O. The number of ether oxygens (including phenoxy) is 1. The number of rotatable bonds is 4. The summed E-state index contributed by atoms with van der Waals surface area (Å²) in [7, 11) is 0. The lowest BCUT2D eigenvalue weighted by atomic mass is 9.93. The molecule has 1 aromatic rings. The molecule has 17 heavy (non-hydrogen) atoms. The summed E-state index contributed by atoms with van der Waals surface area (Å²) >= 11 is 6.24. The molecule has 2 rings (SSSR count). The van der Waals surface area contributed by atoms with Crippen LogP contribution in [-0.2, 0) is 11.2 Å². The van der Waals surface area contributed by atoms with Gasteiger partial charge in [-0.15, -0.1) is 0 Å². The molecule has 3 nitrogen and oxygen atoms in total. The molecule has 1 heterocycles. The summed E-state index contributed by atoms with van der Waals surface area (Å²) in [4.78, 5) is 0. The van der Waals surface area contributed by atoms with Gasteiger partial charge in [-0.25, -0.2) is 0 Å². The number of halogens is 1. The van der Waals surface area contributed by atoms with Crippen LogP contribution in [0.5, 0.6) is 0 Å². The second kappa shape index (κ2) is 5.83. The maximum absolute atomic E-state index is 6.24. The Labute approximate surface area is 107 Å². The minimum Gasteiger partial charge on any atom is -0.381 e. The molecular weight excluding hydrogens is 236 g/mol. The first kappa shape index (κ1) is 12.8. The minimum absolute atomic E-state index is 0.234. The highest BCUT2D eigenvalue weighted by Crippen LogP contribution is 2.24. The Hall–Kier alpha value is -0.610. The molecule has 1 aliphatic heterocycles. The summed E-state index contributed by atoms with van der Waals surface area (Å²) in [5.41, 5.74) is 5.22. The Bertz CT molecular complexity index is 378. The van der Waals surface area contributed by atoms with Crippen LogP contribution in [0.15, 0.2) is 18.2 Å². The Morgan fingerprint density at radius 1 is 1.59 bits per heavy atom.